The summed E-state index contributed by atoms with van der Waals surface area (Å²) in [5.41, 5.74) is 2.61. The van der Waals surface area contributed by atoms with Crippen molar-refractivity contribution in [3.05, 3.63) is 69.9 Å². The number of phenolic OH excluding ortho intramolecular Hbond substituents is 1. The van der Waals surface area contributed by atoms with Crippen LogP contribution in [-0.4, -0.2) is 57.3 Å². The molecule has 1 aliphatic heterocycles. The molecular weight excluding hydrogens is 512 g/mol. The molecule has 0 atom stereocenters. The number of ether oxygens (including phenoxy) is 1. The van der Waals surface area contributed by atoms with Crippen LogP contribution in [-0.2, 0) is 4.74 Å². The summed E-state index contributed by atoms with van der Waals surface area (Å²) in [6.45, 7) is 3.75. The van der Waals surface area contributed by atoms with E-state index in [1.807, 2.05) is 4.90 Å². The second-order valence-electron chi connectivity index (χ2n) is 8.50. The molecule has 0 unspecified atom stereocenters. The molecule has 2 aromatic carbocycles. The van der Waals surface area contributed by atoms with Gasteiger partial charge in [-0.25, -0.2) is 4.98 Å². The minimum Gasteiger partial charge on any atom is -0.507 e. The van der Waals surface area contributed by atoms with Crippen molar-refractivity contribution in [2.45, 2.75) is 6.92 Å². The number of benzene rings is 2. The molecule has 3 N–H and O–H groups in total. The van der Waals surface area contributed by atoms with E-state index in [-0.39, 0.29) is 28.0 Å². The van der Waals surface area contributed by atoms with Crippen LogP contribution in [0.25, 0.3) is 22.7 Å². The lowest BCUT2D eigenvalue weighted by Crippen LogP contribution is -2.39. The number of nitro groups is 1. The molecule has 3 heterocycles. The van der Waals surface area contributed by atoms with Crippen molar-refractivity contribution in [2.24, 2.45) is 0 Å². The summed E-state index contributed by atoms with van der Waals surface area (Å²) < 4.78 is 11.1. The third kappa shape index (κ3) is 5.10. The second-order valence-corrected chi connectivity index (χ2v) is 8.91. The SMILES string of the molecule is Cc1cc(NC(=S)NC(=O)c2cc([N+](=O)[O-])ccc2N2CCOCC2)cc(-c2nc3ncccc3o2)c1O. The molecule has 4 aromatic rings. The second kappa shape index (κ2) is 10.4. The summed E-state index contributed by atoms with van der Waals surface area (Å²) in [5, 5.41) is 27.5. The molecule has 1 amide bonds. The van der Waals surface area contributed by atoms with Gasteiger partial charge in [0.2, 0.25) is 5.89 Å². The number of pyridine rings is 1. The highest BCUT2D eigenvalue weighted by Crippen LogP contribution is 2.36. The summed E-state index contributed by atoms with van der Waals surface area (Å²) >= 11 is 5.36. The Hall–Kier alpha value is -4.62. The number of nitrogens with zero attached hydrogens (tertiary/aromatic N) is 4. The maximum absolute atomic E-state index is 13.2. The van der Waals surface area contributed by atoms with Crippen molar-refractivity contribution in [3.63, 3.8) is 0 Å². The van der Waals surface area contributed by atoms with Crippen LogP contribution in [0.15, 0.2) is 53.1 Å². The summed E-state index contributed by atoms with van der Waals surface area (Å²) in [7, 11) is 0. The van der Waals surface area contributed by atoms with Crippen LogP contribution in [0.1, 0.15) is 15.9 Å². The average Bonchev–Trinajstić information content (AvgIpc) is 3.35. The van der Waals surface area contributed by atoms with Crippen molar-refractivity contribution in [3.8, 4) is 17.2 Å². The molecular formula is C25H22N6O6S. The van der Waals surface area contributed by atoms with Crippen LogP contribution < -0.4 is 15.5 Å². The van der Waals surface area contributed by atoms with Gasteiger partial charge in [0.05, 0.1) is 35.0 Å². The number of oxazole rings is 1. The molecule has 1 aliphatic rings. The number of thiocarbonyl (C=S) groups is 1. The van der Waals surface area contributed by atoms with Gasteiger partial charge in [0.15, 0.2) is 16.3 Å². The number of aromatic hydroxyl groups is 1. The van der Waals surface area contributed by atoms with Gasteiger partial charge in [-0.1, -0.05) is 0 Å². The van der Waals surface area contributed by atoms with Gasteiger partial charge in [0.1, 0.15) is 5.75 Å². The molecule has 0 aliphatic carbocycles. The van der Waals surface area contributed by atoms with Crippen molar-refractivity contribution in [2.75, 3.05) is 36.5 Å². The van der Waals surface area contributed by atoms with Crippen LogP contribution in [0, 0.1) is 17.0 Å². The summed E-state index contributed by atoms with van der Waals surface area (Å²) in [6.07, 6.45) is 1.59. The van der Waals surface area contributed by atoms with Crippen LogP contribution >= 0.6 is 12.2 Å². The largest absolute Gasteiger partial charge is 0.507 e. The van der Waals surface area contributed by atoms with E-state index in [1.54, 1.807) is 43.5 Å². The molecule has 0 saturated carbocycles. The molecule has 0 radical (unpaired) electrons. The topological polar surface area (TPSA) is 156 Å². The Bertz CT molecular complexity index is 1530. The zero-order valence-electron chi connectivity index (χ0n) is 20.1. The van der Waals surface area contributed by atoms with Gasteiger partial charge in [-0.2, -0.15) is 4.98 Å². The Labute approximate surface area is 221 Å². The number of carbonyl (C=O) groups is 1. The predicted octanol–water partition coefficient (Wildman–Crippen LogP) is 3.78. The Balaban J connectivity index is 1.38. The molecule has 12 nitrogen and oxygen atoms in total. The highest BCUT2D eigenvalue weighted by atomic mass is 32.1. The first-order valence-electron chi connectivity index (χ1n) is 11.6. The summed E-state index contributed by atoms with van der Waals surface area (Å²) in [5.74, 6) is -0.457. The molecule has 1 fully saturated rings. The average molecular weight is 535 g/mol. The molecule has 5 rings (SSSR count). The van der Waals surface area contributed by atoms with Crippen molar-refractivity contribution >= 4 is 51.5 Å². The van der Waals surface area contributed by atoms with E-state index in [0.29, 0.717) is 60.0 Å². The summed E-state index contributed by atoms with van der Waals surface area (Å²) in [4.78, 5) is 34.4. The Morgan fingerprint density at radius 3 is 2.74 bits per heavy atom. The fourth-order valence-electron chi connectivity index (χ4n) is 4.13. The Morgan fingerprint density at radius 2 is 2.00 bits per heavy atom. The number of aromatic nitrogens is 2. The first-order chi connectivity index (χ1) is 18.3. The number of morpholine rings is 1. The molecule has 38 heavy (non-hydrogen) atoms. The third-order valence-corrected chi connectivity index (χ3v) is 6.17. The fourth-order valence-corrected chi connectivity index (χ4v) is 4.34. The number of aryl methyl sites for hydroxylation is 1. The van der Waals surface area contributed by atoms with Gasteiger partial charge in [0, 0.05) is 37.1 Å². The molecule has 0 bridgehead atoms. The molecule has 13 heteroatoms. The molecule has 0 spiro atoms. The number of anilines is 2. The number of phenols is 1. The van der Waals surface area contributed by atoms with Gasteiger partial charge >= 0.3 is 0 Å². The van der Waals surface area contributed by atoms with Crippen LogP contribution in [0.2, 0.25) is 0 Å². The van der Waals surface area contributed by atoms with E-state index in [0.717, 1.165) is 0 Å². The summed E-state index contributed by atoms with van der Waals surface area (Å²) in [6, 6.07) is 10.8. The van der Waals surface area contributed by atoms with Gasteiger partial charge < -0.3 is 24.5 Å². The third-order valence-electron chi connectivity index (χ3n) is 5.97. The van der Waals surface area contributed by atoms with E-state index < -0.39 is 10.8 Å². The van der Waals surface area contributed by atoms with Gasteiger partial charge in [-0.15, -0.1) is 0 Å². The number of fused-ring (bicyclic) bond motifs is 1. The lowest BCUT2D eigenvalue weighted by atomic mass is 10.1. The number of rotatable bonds is 5. The van der Waals surface area contributed by atoms with E-state index >= 15 is 0 Å². The number of nitro benzene ring substituents is 1. The smallest absolute Gasteiger partial charge is 0.270 e. The minimum absolute atomic E-state index is 0.0243. The lowest BCUT2D eigenvalue weighted by Gasteiger charge is -2.30. The number of nitrogens with one attached hydrogen (secondary N) is 2. The Morgan fingerprint density at radius 1 is 1.21 bits per heavy atom. The predicted molar refractivity (Wildman–Crippen MR) is 143 cm³/mol. The number of hydrogen-bond acceptors (Lipinski definition) is 10. The fraction of sp³-hybridized carbons (Fsp3) is 0.200. The van der Waals surface area contributed by atoms with E-state index in [4.69, 9.17) is 21.4 Å². The molecule has 194 valence electrons. The van der Waals surface area contributed by atoms with Gasteiger partial charge in [-0.3, -0.25) is 20.2 Å². The highest BCUT2D eigenvalue weighted by Gasteiger charge is 2.23. The first-order valence-corrected chi connectivity index (χ1v) is 12.0. The maximum Gasteiger partial charge on any atom is 0.270 e. The molecule has 1 saturated heterocycles. The normalized spacial score (nSPS) is 13.3. The number of non-ortho nitro benzene ring substituents is 1. The molecule has 2 aromatic heterocycles. The monoisotopic (exact) mass is 534 g/mol. The first kappa shape index (κ1) is 25.0. The van der Waals surface area contributed by atoms with E-state index in [1.165, 1.54) is 12.1 Å². The standard InChI is InChI=1S/C25H22N6O6S/c1-14-11-15(12-18(21(14)32)24-28-22-20(37-24)3-2-6-26-22)27-25(38)29-23(33)17-13-16(31(34)35)4-5-19(17)30-7-9-36-10-8-30/h2-6,11-13,32H,7-10H2,1H3,(H2,27,29,33,38). The lowest BCUT2D eigenvalue weighted by molar-refractivity contribution is -0.384. The quantitative estimate of drug-likeness (QED) is 0.148. The Kier molecular flexibility index (Phi) is 6.85. The van der Waals surface area contributed by atoms with Crippen molar-refractivity contribution in [1.82, 2.24) is 15.3 Å². The maximum atomic E-state index is 13.2. The minimum atomic E-state index is -0.603. The number of amides is 1. The van der Waals surface area contributed by atoms with Crippen molar-refractivity contribution in [1.29, 1.82) is 0 Å². The zero-order valence-corrected chi connectivity index (χ0v) is 20.9. The van der Waals surface area contributed by atoms with Crippen LogP contribution in [0.3, 0.4) is 0 Å². The zero-order chi connectivity index (χ0) is 26.8. The van der Waals surface area contributed by atoms with E-state index in [2.05, 4.69) is 20.6 Å². The van der Waals surface area contributed by atoms with Gasteiger partial charge in [0.25, 0.3) is 11.6 Å². The number of hydrogen-bond donors (Lipinski definition) is 3. The van der Waals surface area contributed by atoms with E-state index in [9.17, 15) is 20.0 Å². The highest BCUT2D eigenvalue weighted by molar-refractivity contribution is 7.80. The van der Waals surface area contributed by atoms with Crippen LogP contribution in [0.5, 0.6) is 5.75 Å². The van der Waals surface area contributed by atoms with Gasteiger partial charge in [-0.05, 0) is 55.0 Å². The van der Waals surface area contributed by atoms with Crippen molar-refractivity contribution < 1.29 is 24.0 Å². The number of carbonyl (C=O) groups excluding carboxylic acids is 1. The van der Waals surface area contributed by atoms with Crippen LogP contribution in [0.4, 0.5) is 17.1 Å².